The molecule has 2 rings (SSSR count). The van der Waals surface area contributed by atoms with Crippen molar-refractivity contribution in [3.8, 4) is 11.5 Å². The zero-order valence-electron chi connectivity index (χ0n) is 9.74. The largest absolute Gasteiger partial charge is 0.493 e. The van der Waals surface area contributed by atoms with Gasteiger partial charge in [0.15, 0.2) is 11.5 Å². The van der Waals surface area contributed by atoms with Gasteiger partial charge in [0.25, 0.3) is 0 Å². The van der Waals surface area contributed by atoms with Gasteiger partial charge in [0.1, 0.15) is 0 Å². The lowest BCUT2D eigenvalue weighted by molar-refractivity contribution is 0.115. The van der Waals surface area contributed by atoms with E-state index in [4.69, 9.17) is 15.2 Å². The van der Waals surface area contributed by atoms with Crippen molar-refractivity contribution >= 4 is 0 Å². The summed E-state index contributed by atoms with van der Waals surface area (Å²) in [6.45, 7) is 0.633. The number of benzene rings is 1. The lowest BCUT2D eigenvalue weighted by Crippen LogP contribution is -2.25. The van der Waals surface area contributed by atoms with Gasteiger partial charge in [-0.2, -0.15) is 0 Å². The fourth-order valence-electron chi connectivity index (χ4n) is 1.86. The van der Waals surface area contributed by atoms with Crippen LogP contribution < -0.4 is 15.2 Å². The van der Waals surface area contributed by atoms with E-state index < -0.39 is 0 Å². The molecule has 1 aliphatic rings. The number of nitrogens with two attached hydrogens (primary N) is 1. The van der Waals surface area contributed by atoms with Gasteiger partial charge in [-0.3, -0.25) is 0 Å². The Balaban J connectivity index is 2.21. The maximum absolute atomic E-state index is 5.98. The molecule has 1 saturated carbocycles. The van der Waals surface area contributed by atoms with Gasteiger partial charge in [0.2, 0.25) is 0 Å². The van der Waals surface area contributed by atoms with Crippen molar-refractivity contribution in [1.82, 2.24) is 0 Å². The van der Waals surface area contributed by atoms with E-state index in [9.17, 15) is 0 Å². The predicted octanol–water partition coefficient (Wildman–Crippen LogP) is 2.13. The van der Waals surface area contributed by atoms with E-state index in [1.807, 2.05) is 12.1 Å². The molecular formula is C13H19NO2. The standard InChI is InChI=1S/C13H19NO2/c1-15-12-7-2-4-10(8-9-14)13(12)16-11-5-3-6-11/h2,4,7,11H,3,5-6,8-9,14H2,1H3. The highest BCUT2D eigenvalue weighted by atomic mass is 16.5. The molecule has 0 bridgehead atoms. The topological polar surface area (TPSA) is 44.5 Å². The third-order valence-electron chi connectivity index (χ3n) is 3.03. The SMILES string of the molecule is COc1cccc(CCN)c1OC1CCC1. The average molecular weight is 221 g/mol. The normalized spacial score (nSPS) is 15.6. The Morgan fingerprint density at radius 2 is 2.19 bits per heavy atom. The smallest absolute Gasteiger partial charge is 0.164 e. The number of para-hydroxylation sites is 1. The van der Waals surface area contributed by atoms with Gasteiger partial charge in [0, 0.05) is 0 Å². The van der Waals surface area contributed by atoms with Crippen LogP contribution >= 0.6 is 0 Å². The summed E-state index contributed by atoms with van der Waals surface area (Å²) in [5.41, 5.74) is 6.75. The summed E-state index contributed by atoms with van der Waals surface area (Å²) in [6, 6.07) is 5.98. The van der Waals surface area contributed by atoms with Gasteiger partial charge >= 0.3 is 0 Å². The van der Waals surface area contributed by atoms with Crippen molar-refractivity contribution in [2.75, 3.05) is 13.7 Å². The Morgan fingerprint density at radius 3 is 2.75 bits per heavy atom. The zero-order valence-corrected chi connectivity index (χ0v) is 9.74. The van der Waals surface area contributed by atoms with Crippen LogP contribution in [0.4, 0.5) is 0 Å². The molecule has 1 aromatic carbocycles. The summed E-state index contributed by atoms with van der Waals surface area (Å²) in [6.07, 6.45) is 4.78. The molecule has 0 unspecified atom stereocenters. The zero-order chi connectivity index (χ0) is 11.4. The summed E-state index contributed by atoms with van der Waals surface area (Å²) in [4.78, 5) is 0. The molecule has 1 aliphatic carbocycles. The summed E-state index contributed by atoms with van der Waals surface area (Å²) < 4.78 is 11.3. The highest BCUT2D eigenvalue weighted by Gasteiger charge is 2.22. The second kappa shape index (κ2) is 5.21. The lowest BCUT2D eigenvalue weighted by atomic mass is 9.96. The van der Waals surface area contributed by atoms with E-state index in [0.29, 0.717) is 12.6 Å². The Bertz CT molecular complexity index is 348. The van der Waals surface area contributed by atoms with Gasteiger partial charge < -0.3 is 15.2 Å². The minimum absolute atomic E-state index is 0.368. The van der Waals surface area contributed by atoms with Crippen LogP contribution in [-0.4, -0.2) is 19.8 Å². The Kier molecular flexibility index (Phi) is 3.67. The first-order valence-electron chi connectivity index (χ1n) is 5.87. The van der Waals surface area contributed by atoms with E-state index in [-0.39, 0.29) is 0 Å². The van der Waals surface area contributed by atoms with E-state index >= 15 is 0 Å². The van der Waals surface area contributed by atoms with E-state index in [2.05, 4.69) is 6.07 Å². The summed E-state index contributed by atoms with van der Waals surface area (Å²) >= 11 is 0. The summed E-state index contributed by atoms with van der Waals surface area (Å²) in [5.74, 6) is 1.71. The number of methoxy groups -OCH3 is 1. The van der Waals surface area contributed by atoms with Gasteiger partial charge in [-0.1, -0.05) is 12.1 Å². The first-order valence-corrected chi connectivity index (χ1v) is 5.87. The van der Waals surface area contributed by atoms with Crippen LogP contribution in [0.2, 0.25) is 0 Å². The highest BCUT2D eigenvalue weighted by Crippen LogP contribution is 2.35. The molecule has 1 fully saturated rings. The van der Waals surface area contributed by atoms with Crippen LogP contribution in [-0.2, 0) is 6.42 Å². The molecule has 1 aromatic rings. The maximum atomic E-state index is 5.98. The van der Waals surface area contributed by atoms with Gasteiger partial charge in [-0.05, 0) is 43.9 Å². The summed E-state index contributed by atoms with van der Waals surface area (Å²) in [5, 5.41) is 0. The quantitative estimate of drug-likeness (QED) is 0.828. The van der Waals surface area contributed by atoms with Crippen molar-refractivity contribution < 1.29 is 9.47 Å². The van der Waals surface area contributed by atoms with Crippen LogP contribution in [0.1, 0.15) is 24.8 Å². The second-order valence-corrected chi connectivity index (χ2v) is 4.16. The van der Waals surface area contributed by atoms with Crippen LogP contribution in [0.3, 0.4) is 0 Å². The molecule has 2 N–H and O–H groups in total. The van der Waals surface area contributed by atoms with Gasteiger partial charge in [-0.15, -0.1) is 0 Å². The lowest BCUT2D eigenvalue weighted by Gasteiger charge is -2.28. The van der Waals surface area contributed by atoms with Crippen molar-refractivity contribution in [2.45, 2.75) is 31.8 Å². The fourth-order valence-corrected chi connectivity index (χ4v) is 1.86. The Hall–Kier alpha value is -1.22. The molecule has 0 saturated heterocycles. The van der Waals surface area contributed by atoms with Crippen molar-refractivity contribution in [3.05, 3.63) is 23.8 Å². The highest BCUT2D eigenvalue weighted by molar-refractivity contribution is 5.47. The molecule has 0 aromatic heterocycles. The van der Waals surface area contributed by atoms with Gasteiger partial charge in [0.05, 0.1) is 13.2 Å². The monoisotopic (exact) mass is 221 g/mol. The molecule has 88 valence electrons. The molecule has 16 heavy (non-hydrogen) atoms. The van der Waals surface area contributed by atoms with Crippen LogP contribution in [0, 0.1) is 0 Å². The van der Waals surface area contributed by atoms with Crippen molar-refractivity contribution in [1.29, 1.82) is 0 Å². The number of hydrogen-bond donors (Lipinski definition) is 1. The van der Waals surface area contributed by atoms with E-state index in [1.54, 1.807) is 7.11 Å². The number of rotatable bonds is 5. The van der Waals surface area contributed by atoms with E-state index in [0.717, 1.165) is 36.3 Å². The maximum Gasteiger partial charge on any atom is 0.164 e. The fraction of sp³-hybridized carbons (Fsp3) is 0.538. The van der Waals surface area contributed by atoms with Crippen LogP contribution in [0.15, 0.2) is 18.2 Å². The first-order chi connectivity index (χ1) is 7.85. The molecule has 3 nitrogen and oxygen atoms in total. The minimum Gasteiger partial charge on any atom is -0.493 e. The first kappa shape index (κ1) is 11.3. The molecule has 0 atom stereocenters. The Morgan fingerprint density at radius 1 is 1.38 bits per heavy atom. The van der Waals surface area contributed by atoms with Crippen LogP contribution in [0.5, 0.6) is 11.5 Å². The number of hydrogen-bond acceptors (Lipinski definition) is 3. The van der Waals surface area contributed by atoms with Crippen LogP contribution in [0.25, 0.3) is 0 Å². The average Bonchev–Trinajstić information content (AvgIpc) is 2.25. The molecular weight excluding hydrogens is 202 g/mol. The third-order valence-corrected chi connectivity index (χ3v) is 3.03. The molecule has 0 aliphatic heterocycles. The minimum atomic E-state index is 0.368. The molecule has 0 heterocycles. The second-order valence-electron chi connectivity index (χ2n) is 4.16. The van der Waals surface area contributed by atoms with Crippen molar-refractivity contribution in [2.24, 2.45) is 5.73 Å². The van der Waals surface area contributed by atoms with E-state index in [1.165, 1.54) is 6.42 Å². The molecule has 0 amide bonds. The molecule has 0 radical (unpaired) electrons. The Labute approximate surface area is 96.5 Å². The molecule has 0 spiro atoms. The predicted molar refractivity (Wildman–Crippen MR) is 64.0 cm³/mol. The number of ether oxygens (including phenoxy) is 2. The van der Waals surface area contributed by atoms with Crippen molar-refractivity contribution in [3.63, 3.8) is 0 Å². The summed E-state index contributed by atoms with van der Waals surface area (Å²) in [7, 11) is 1.68. The third kappa shape index (κ3) is 2.30. The molecule has 3 heteroatoms. The van der Waals surface area contributed by atoms with Gasteiger partial charge in [-0.25, -0.2) is 0 Å².